The SMILES string of the molecule is CCCCCCCCCCCCCCCCCCCCCCC(=O)O[C@H](COC(=O)CCCCCCCCCCCCCCC(C)C)COP(=O)(O)OC[C@@H](O)COP(=O)(O)OC[C@@H](COC(=O)CCCCCCCCC(C)CC)OC(=O)CCCCCCCCCCC(C)CC. The summed E-state index contributed by atoms with van der Waals surface area (Å²) < 4.78 is 68.6. The lowest BCUT2D eigenvalue weighted by molar-refractivity contribution is -0.161. The summed E-state index contributed by atoms with van der Waals surface area (Å²) in [6.45, 7) is 11.9. The maximum absolute atomic E-state index is 13.1. The molecule has 0 saturated heterocycles. The Kier molecular flexibility index (Phi) is 67.1. The van der Waals surface area contributed by atoms with Crippen LogP contribution in [0.1, 0.15) is 402 Å². The molecule has 97 heavy (non-hydrogen) atoms. The Balaban J connectivity index is 5.23. The molecule has 0 spiro atoms. The number of esters is 4. The molecule has 7 atom stereocenters. The molecule has 0 rings (SSSR count). The summed E-state index contributed by atoms with van der Waals surface area (Å²) in [5, 5.41) is 10.6. The third kappa shape index (κ3) is 69.5. The summed E-state index contributed by atoms with van der Waals surface area (Å²) in [4.78, 5) is 72.9. The number of aliphatic hydroxyl groups is 1. The maximum atomic E-state index is 13.1. The lowest BCUT2D eigenvalue weighted by Crippen LogP contribution is -2.30. The number of carbonyl (C=O) groups is 4. The predicted molar refractivity (Wildman–Crippen MR) is 395 cm³/mol. The van der Waals surface area contributed by atoms with Gasteiger partial charge in [-0.25, -0.2) is 9.13 Å². The molecule has 0 aromatic rings. The van der Waals surface area contributed by atoms with Gasteiger partial charge in [-0.15, -0.1) is 0 Å². The number of hydrogen-bond acceptors (Lipinski definition) is 15. The molecule has 576 valence electrons. The number of hydrogen-bond donors (Lipinski definition) is 3. The summed E-state index contributed by atoms with van der Waals surface area (Å²) in [6.07, 6.45) is 55.6. The summed E-state index contributed by atoms with van der Waals surface area (Å²) in [6, 6.07) is 0. The Morgan fingerprint density at radius 2 is 0.526 bits per heavy atom. The number of phosphoric ester groups is 2. The molecule has 4 unspecified atom stereocenters. The minimum absolute atomic E-state index is 0.104. The molecule has 0 aromatic carbocycles. The third-order valence-electron chi connectivity index (χ3n) is 18.9. The van der Waals surface area contributed by atoms with Gasteiger partial charge in [0.25, 0.3) is 0 Å². The first-order chi connectivity index (χ1) is 46.8. The van der Waals surface area contributed by atoms with Crippen molar-refractivity contribution in [2.75, 3.05) is 39.6 Å². The van der Waals surface area contributed by atoms with E-state index in [0.717, 1.165) is 114 Å². The highest BCUT2D eigenvalue weighted by molar-refractivity contribution is 7.47. The van der Waals surface area contributed by atoms with Crippen molar-refractivity contribution in [3.8, 4) is 0 Å². The van der Waals surface area contributed by atoms with E-state index in [1.165, 1.54) is 205 Å². The number of carbonyl (C=O) groups excluding carboxylic acids is 4. The van der Waals surface area contributed by atoms with Gasteiger partial charge in [-0.1, -0.05) is 350 Å². The summed E-state index contributed by atoms with van der Waals surface area (Å²) >= 11 is 0. The Morgan fingerprint density at radius 3 is 0.784 bits per heavy atom. The van der Waals surface area contributed by atoms with Crippen LogP contribution in [-0.4, -0.2) is 96.7 Å². The van der Waals surface area contributed by atoms with Crippen LogP contribution in [0.4, 0.5) is 0 Å². The zero-order chi connectivity index (χ0) is 71.6. The van der Waals surface area contributed by atoms with Gasteiger partial charge in [0.1, 0.15) is 19.3 Å². The first-order valence-electron chi connectivity index (χ1n) is 40.4. The van der Waals surface area contributed by atoms with E-state index in [1.807, 2.05) is 0 Å². The minimum atomic E-state index is -4.96. The summed E-state index contributed by atoms with van der Waals surface area (Å²) in [5.74, 6) is 0.164. The number of ether oxygens (including phenoxy) is 4. The van der Waals surface area contributed by atoms with E-state index in [1.54, 1.807) is 0 Å². The van der Waals surface area contributed by atoms with E-state index in [9.17, 15) is 43.2 Å². The van der Waals surface area contributed by atoms with Gasteiger partial charge in [0, 0.05) is 25.7 Å². The van der Waals surface area contributed by atoms with E-state index in [-0.39, 0.29) is 25.7 Å². The zero-order valence-corrected chi connectivity index (χ0v) is 65.3. The number of unbranched alkanes of at least 4 members (excludes halogenated alkanes) is 42. The standard InChI is InChI=1S/C78H152O17P2/c1-8-11-12-13-14-15-16-17-18-19-20-21-22-23-24-29-32-38-47-54-61-77(82)94-73(65-88-75(80)59-52-45-37-31-28-26-25-27-30-35-42-49-56-69(4)5)67-92-96(84,85)90-63-72(79)64-91-97(86,87)93-68-74(66-89-76(81)60-53-46-41-40-44-51-58-71(7)10-3)95-78(83)62-55-48-39-34-33-36-43-50-57-70(6)9-2/h69-74,79H,8-68H2,1-7H3,(H,84,85)(H,86,87)/t70?,71?,72-,73-,74-/m1/s1. The van der Waals surface area contributed by atoms with Crippen LogP contribution in [0.3, 0.4) is 0 Å². The van der Waals surface area contributed by atoms with Crippen LogP contribution in [0, 0.1) is 17.8 Å². The number of aliphatic hydroxyl groups excluding tert-OH is 1. The van der Waals surface area contributed by atoms with Crippen LogP contribution in [0.5, 0.6) is 0 Å². The molecule has 0 radical (unpaired) electrons. The highest BCUT2D eigenvalue weighted by Gasteiger charge is 2.30. The fraction of sp³-hybridized carbons (Fsp3) is 0.949. The first-order valence-corrected chi connectivity index (χ1v) is 43.4. The van der Waals surface area contributed by atoms with Crippen molar-refractivity contribution in [3.63, 3.8) is 0 Å². The molecule has 0 amide bonds. The van der Waals surface area contributed by atoms with E-state index >= 15 is 0 Å². The van der Waals surface area contributed by atoms with Crippen LogP contribution in [0.15, 0.2) is 0 Å². The van der Waals surface area contributed by atoms with Crippen molar-refractivity contribution in [1.82, 2.24) is 0 Å². The maximum Gasteiger partial charge on any atom is 0.472 e. The van der Waals surface area contributed by atoms with Crippen molar-refractivity contribution < 1.29 is 80.2 Å². The van der Waals surface area contributed by atoms with Crippen LogP contribution in [0.25, 0.3) is 0 Å². The van der Waals surface area contributed by atoms with Crippen LogP contribution < -0.4 is 0 Å². The largest absolute Gasteiger partial charge is 0.472 e. The molecule has 19 heteroatoms. The molecule has 17 nitrogen and oxygen atoms in total. The van der Waals surface area contributed by atoms with Crippen molar-refractivity contribution in [3.05, 3.63) is 0 Å². The Labute approximate surface area is 594 Å². The van der Waals surface area contributed by atoms with Gasteiger partial charge in [0.15, 0.2) is 12.2 Å². The van der Waals surface area contributed by atoms with Crippen molar-refractivity contribution in [2.24, 2.45) is 17.8 Å². The molecule has 0 aliphatic rings. The highest BCUT2D eigenvalue weighted by atomic mass is 31.2. The molecule has 3 N–H and O–H groups in total. The number of phosphoric acid groups is 2. The molecule has 0 heterocycles. The molecule has 0 aromatic heterocycles. The topological polar surface area (TPSA) is 237 Å². The van der Waals surface area contributed by atoms with Crippen LogP contribution >= 0.6 is 15.6 Å². The average molecular weight is 1420 g/mol. The fourth-order valence-electron chi connectivity index (χ4n) is 11.9. The van der Waals surface area contributed by atoms with Gasteiger partial charge in [-0.2, -0.15) is 0 Å². The van der Waals surface area contributed by atoms with Gasteiger partial charge in [-0.3, -0.25) is 37.3 Å². The van der Waals surface area contributed by atoms with E-state index in [4.69, 9.17) is 37.0 Å². The molecule has 0 aliphatic heterocycles. The Morgan fingerprint density at radius 1 is 0.299 bits per heavy atom. The van der Waals surface area contributed by atoms with Crippen LogP contribution in [0.2, 0.25) is 0 Å². The molecule has 0 fully saturated rings. The van der Waals surface area contributed by atoms with Crippen molar-refractivity contribution in [2.45, 2.75) is 420 Å². The normalized spacial score (nSPS) is 14.6. The second-order valence-electron chi connectivity index (χ2n) is 29.1. The lowest BCUT2D eigenvalue weighted by atomic mass is 9.99. The first kappa shape index (κ1) is 95.1. The van der Waals surface area contributed by atoms with Gasteiger partial charge in [-0.05, 0) is 43.4 Å². The quantitative estimate of drug-likeness (QED) is 0.0222. The van der Waals surface area contributed by atoms with Crippen LogP contribution in [-0.2, 0) is 65.4 Å². The van der Waals surface area contributed by atoms with Crippen molar-refractivity contribution >= 4 is 39.5 Å². The monoisotopic (exact) mass is 1420 g/mol. The zero-order valence-electron chi connectivity index (χ0n) is 63.5. The molecular weight excluding hydrogens is 1270 g/mol. The Hall–Kier alpha value is -1.94. The fourth-order valence-corrected chi connectivity index (χ4v) is 13.5. The molecule has 0 aliphatic carbocycles. The van der Waals surface area contributed by atoms with Gasteiger partial charge in [0.2, 0.25) is 0 Å². The highest BCUT2D eigenvalue weighted by Crippen LogP contribution is 2.45. The molecular formula is C78H152O17P2. The van der Waals surface area contributed by atoms with Gasteiger partial charge < -0.3 is 33.8 Å². The third-order valence-corrected chi connectivity index (χ3v) is 20.8. The van der Waals surface area contributed by atoms with E-state index in [2.05, 4.69) is 48.5 Å². The Bertz CT molecular complexity index is 1890. The predicted octanol–water partition coefficient (Wildman–Crippen LogP) is 23.0. The van der Waals surface area contributed by atoms with Crippen molar-refractivity contribution in [1.29, 1.82) is 0 Å². The average Bonchev–Trinajstić information content (AvgIpc) is 2.41. The number of rotatable bonds is 76. The summed E-state index contributed by atoms with van der Waals surface area (Å²) in [5.41, 5.74) is 0. The van der Waals surface area contributed by atoms with Gasteiger partial charge in [0.05, 0.1) is 26.4 Å². The molecule has 0 bridgehead atoms. The lowest BCUT2D eigenvalue weighted by Gasteiger charge is -2.21. The smallest absolute Gasteiger partial charge is 0.462 e. The molecule has 0 saturated carbocycles. The van der Waals surface area contributed by atoms with E-state index in [0.29, 0.717) is 25.7 Å². The van der Waals surface area contributed by atoms with E-state index < -0.39 is 97.5 Å². The van der Waals surface area contributed by atoms with Gasteiger partial charge >= 0.3 is 39.5 Å². The second kappa shape index (κ2) is 68.5. The second-order valence-corrected chi connectivity index (χ2v) is 32.0. The summed E-state index contributed by atoms with van der Waals surface area (Å²) in [7, 11) is -9.92. The minimum Gasteiger partial charge on any atom is -0.462 e.